The van der Waals surface area contributed by atoms with Crippen LogP contribution in [-0.2, 0) is 0 Å². The molecule has 0 nitrogen and oxygen atoms in total. The molecule has 12 aromatic rings. The second-order valence-corrected chi connectivity index (χ2v) is 16.8. The van der Waals surface area contributed by atoms with Crippen molar-refractivity contribution in [1.29, 1.82) is 0 Å². The first-order valence-electron chi connectivity index (χ1n) is 19.2. The predicted octanol–water partition coefficient (Wildman–Crippen LogP) is 16.5. The van der Waals surface area contributed by atoms with Crippen molar-refractivity contribution in [2.75, 3.05) is 0 Å². The van der Waals surface area contributed by atoms with Gasteiger partial charge in [0.2, 0.25) is 0 Å². The van der Waals surface area contributed by atoms with Gasteiger partial charge < -0.3 is 0 Å². The van der Waals surface area contributed by atoms with Crippen molar-refractivity contribution in [3.8, 4) is 44.5 Å². The summed E-state index contributed by atoms with van der Waals surface area (Å²) in [7, 11) is 0. The Kier molecular flexibility index (Phi) is 7.07. The molecule has 0 amide bonds. The Morgan fingerprint density at radius 2 is 0.589 bits per heavy atom. The second kappa shape index (κ2) is 12.5. The van der Waals surface area contributed by atoms with E-state index >= 15 is 0 Å². The molecule has 260 valence electrons. The van der Waals surface area contributed by atoms with Gasteiger partial charge in [-0.3, -0.25) is 0 Å². The van der Waals surface area contributed by atoms with Crippen LogP contribution in [0.4, 0.5) is 0 Å². The topological polar surface area (TPSA) is 0 Å². The van der Waals surface area contributed by atoms with Crippen LogP contribution < -0.4 is 0 Å². The third kappa shape index (κ3) is 4.70. The number of hydrogen-bond donors (Lipinski definition) is 0. The predicted molar refractivity (Wildman–Crippen MR) is 246 cm³/mol. The van der Waals surface area contributed by atoms with Gasteiger partial charge in [0.15, 0.2) is 0 Å². The van der Waals surface area contributed by atoms with Gasteiger partial charge in [0.25, 0.3) is 0 Å². The average Bonchev–Trinajstić information content (AvgIpc) is 3.85. The quantitative estimate of drug-likeness (QED) is 0.157. The van der Waals surface area contributed by atoms with Crippen LogP contribution >= 0.6 is 22.7 Å². The van der Waals surface area contributed by atoms with Crippen LogP contribution in [0, 0.1) is 0 Å². The van der Waals surface area contributed by atoms with Gasteiger partial charge in [0.05, 0.1) is 0 Å². The minimum atomic E-state index is 1.22. The van der Waals surface area contributed by atoms with E-state index in [1.807, 2.05) is 22.7 Å². The highest BCUT2D eigenvalue weighted by molar-refractivity contribution is 7.26. The highest BCUT2D eigenvalue weighted by atomic mass is 32.1. The molecule has 0 aliphatic carbocycles. The molecule has 0 radical (unpaired) electrons. The van der Waals surface area contributed by atoms with Gasteiger partial charge in [-0.25, -0.2) is 0 Å². The summed E-state index contributed by atoms with van der Waals surface area (Å²) < 4.78 is 5.32. The molecule has 0 N–H and O–H groups in total. The smallest absolute Gasteiger partial charge is 0.0434 e. The zero-order chi connectivity index (χ0) is 36.7. The Hall–Kier alpha value is -6.58. The van der Waals surface area contributed by atoms with E-state index in [0.717, 1.165) is 0 Å². The third-order valence-electron chi connectivity index (χ3n) is 11.7. The van der Waals surface area contributed by atoms with E-state index in [1.165, 1.54) is 117 Å². The van der Waals surface area contributed by atoms with Gasteiger partial charge in [0.1, 0.15) is 0 Å². The Balaban J connectivity index is 1.28. The van der Waals surface area contributed by atoms with Gasteiger partial charge in [0, 0.05) is 51.5 Å². The van der Waals surface area contributed by atoms with Crippen LogP contribution in [0.25, 0.3) is 117 Å². The monoisotopic (exact) mass is 744 g/mol. The largest absolute Gasteiger partial charge is 0.135 e. The number of fused-ring (bicyclic) bond motifs is 12. The molecule has 2 heteroatoms. The summed E-state index contributed by atoms with van der Waals surface area (Å²) in [5, 5.41) is 13.0. The molecule has 0 aliphatic rings. The summed E-state index contributed by atoms with van der Waals surface area (Å²) in [4.78, 5) is 0. The minimum Gasteiger partial charge on any atom is -0.135 e. The van der Waals surface area contributed by atoms with E-state index in [-0.39, 0.29) is 0 Å². The van der Waals surface area contributed by atoms with Crippen molar-refractivity contribution >= 4 is 95.3 Å². The highest BCUT2D eigenvalue weighted by Crippen LogP contribution is 2.50. The van der Waals surface area contributed by atoms with Crippen molar-refractivity contribution in [3.05, 3.63) is 194 Å². The standard InChI is InChI=1S/C54H32S2/c1-3-15-33(16-4-1)45-31-47-39-23-11-21-37(43-27-13-25-41-35-19-7-9-29-49(35)55-53(41)43)51(39)52-38(44-28-14-26-42-36-20-8-10-30-50(36)56-54(42)44)22-12-24-40(52)48(47)32-46(45)34-17-5-2-6-18-34/h1-32H. The van der Waals surface area contributed by atoms with E-state index in [9.17, 15) is 0 Å². The van der Waals surface area contributed by atoms with E-state index in [1.54, 1.807) is 0 Å². The molecule has 0 bridgehead atoms. The number of benzene rings is 10. The molecule has 2 aromatic heterocycles. The lowest BCUT2D eigenvalue weighted by Gasteiger charge is -2.20. The lowest BCUT2D eigenvalue weighted by atomic mass is 9.83. The fourth-order valence-corrected chi connectivity index (χ4v) is 11.7. The first kappa shape index (κ1) is 31.7. The first-order valence-corrected chi connectivity index (χ1v) is 20.8. The molecular formula is C54H32S2. The molecule has 0 unspecified atom stereocenters. The van der Waals surface area contributed by atoms with Gasteiger partial charge in [-0.2, -0.15) is 0 Å². The summed E-state index contributed by atoms with van der Waals surface area (Å²) in [5.41, 5.74) is 10.0. The highest BCUT2D eigenvalue weighted by Gasteiger charge is 2.22. The van der Waals surface area contributed by atoms with Gasteiger partial charge >= 0.3 is 0 Å². The first-order chi connectivity index (χ1) is 27.8. The minimum absolute atomic E-state index is 1.22. The van der Waals surface area contributed by atoms with Crippen LogP contribution in [0.5, 0.6) is 0 Å². The normalized spacial score (nSPS) is 11.9. The van der Waals surface area contributed by atoms with Gasteiger partial charge in [-0.15, -0.1) is 22.7 Å². The number of thiophene rings is 2. The molecule has 0 fully saturated rings. The van der Waals surface area contributed by atoms with E-state index in [0.29, 0.717) is 0 Å². The molecule has 0 aliphatic heterocycles. The van der Waals surface area contributed by atoms with Crippen molar-refractivity contribution in [2.45, 2.75) is 0 Å². The van der Waals surface area contributed by atoms with Crippen molar-refractivity contribution in [3.63, 3.8) is 0 Å². The Bertz CT molecular complexity index is 3280. The van der Waals surface area contributed by atoms with E-state index in [2.05, 4.69) is 194 Å². The molecule has 2 heterocycles. The summed E-state index contributed by atoms with van der Waals surface area (Å²) >= 11 is 3.81. The number of hydrogen-bond acceptors (Lipinski definition) is 2. The molecule has 0 saturated carbocycles. The van der Waals surface area contributed by atoms with Crippen molar-refractivity contribution in [1.82, 2.24) is 0 Å². The van der Waals surface area contributed by atoms with Gasteiger partial charge in [-0.1, -0.05) is 170 Å². The van der Waals surface area contributed by atoms with Crippen LogP contribution in [0.3, 0.4) is 0 Å². The lowest BCUT2D eigenvalue weighted by Crippen LogP contribution is -1.93. The van der Waals surface area contributed by atoms with Crippen LogP contribution in [-0.4, -0.2) is 0 Å². The fourth-order valence-electron chi connectivity index (χ4n) is 9.22. The maximum absolute atomic E-state index is 2.47. The molecule has 10 aromatic carbocycles. The summed E-state index contributed by atoms with van der Waals surface area (Å²) in [5.74, 6) is 0. The van der Waals surface area contributed by atoms with Crippen LogP contribution in [0.1, 0.15) is 0 Å². The van der Waals surface area contributed by atoms with Crippen molar-refractivity contribution in [2.24, 2.45) is 0 Å². The van der Waals surface area contributed by atoms with Gasteiger partial charge in [-0.05, 0) is 90.0 Å². The molecule has 56 heavy (non-hydrogen) atoms. The fraction of sp³-hybridized carbons (Fsp3) is 0. The molecule has 12 rings (SSSR count). The molecule has 0 saturated heterocycles. The summed E-state index contributed by atoms with van der Waals surface area (Å²) in [6.07, 6.45) is 0. The van der Waals surface area contributed by atoms with Crippen molar-refractivity contribution < 1.29 is 0 Å². The second-order valence-electron chi connectivity index (χ2n) is 14.7. The average molecular weight is 745 g/mol. The summed E-state index contributed by atoms with van der Waals surface area (Å²) in [6, 6.07) is 72.2. The molecular weight excluding hydrogens is 713 g/mol. The molecule has 0 atom stereocenters. The van der Waals surface area contributed by atoms with Crippen LogP contribution in [0.2, 0.25) is 0 Å². The van der Waals surface area contributed by atoms with E-state index < -0.39 is 0 Å². The van der Waals surface area contributed by atoms with E-state index in [4.69, 9.17) is 0 Å². The van der Waals surface area contributed by atoms with Crippen LogP contribution in [0.15, 0.2) is 194 Å². The third-order valence-corrected chi connectivity index (χ3v) is 14.1. The zero-order valence-electron chi connectivity index (χ0n) is 30.3. The Morgan fingerprint density at radius 3 is 1.04 bits per heavy atom. The Morgan fingerprint density at radius 1 is 0.232 bits per heavy atom. The number of rotatable bonds is 4. The zero-order valence-corrected chi connectivity index (χ0v) is 31.9. The lowest BCUT2D eigenvalue weighted by molar-refractivity contribution is 1.61. The Labute approximate surface area is 332 Å². The maximum atomic E-state index is 2.47. The maximum Gasteiger partial charge on any atom is 0.0434 e. The molecule has 0 spiro atoms. The SMILES string of the molecule is c1ccc(-c2cc3c(cc2-c2ccccc2)c2cccc(-c4cccc5c4sc4ccccc45)c2c2c(-c4cccc5c4sc4ccccc45)cccc32)cc1. The summed E-state index contributed by atoms with van der Waals surface area (Å²) in [6.45, 7) is 0.